The average Bonchev–Trinajstić information content (AvgIpc) is 2.78. The highest BCUT2D eigenvalue weighted by Gasteiger charge is 2.62. The van der Waals surface area contributed by atoms with Gasteiger partial charge in [0.2, 0.25) is 0 Å². The van der Waals surface area contributed by atoms with Crippen molar-refractivity contribution in [3.8, 4) is 0 Å². The summed E-state index contributed by atoms with van der Waals surface area (Å²) < 4.78 is 0. The summed E-state index contributed by atoms with van der Waals surface area (Å²) in [4.78, 5) is 11.5. The second-order valence-corrected chi connectivity index (χ2v) is 5.25. The second-order valence-electron chi connectivity index (χ2n) is 3.23. The van der Waals surface area contributed by atoms with Gasteiger partial charge in [-0.15, -0.1) is 46.4 Å². The molecule has 0 aliphatic heterocycles. The van der Waals surface area contributed by atoms with Gasteiger partial charge in [0.1, 0.15) is 5.78 Å². The first-order chi connectivity index (χ1) is 5.55. The molecule has 0 bridgehead atoms. The van der Waals surface area contributed by atoms with Gasteiger partial charge in [0.05, 0.1) is 33.3 Å². The Hall–Kier alpha value is 0.830. The van der Waals surface area contributed by atoms with E-state index in [-0.39, 0.29) is 39.1 Å². The number of hydrogen-bond donors (Lipinski definition) is 0. The lowest BCUT2D eigenvalue weighted by Crippen LogP contribution is -2.08. The largest absolute Gasteiger partial charge is 0.299 e. The van der Waals surface area contributed by atoms with E-state index in [9.17, 15) is 4.79 Å². The van der Waals surface area contributed by atoms with Gasteiger partial charge >= 0.3 is 0 Å². The van der Waals surface area contributed by atoms with Gasteiger partial charge in [-0.3, -0.25) is 4.79 Å². The van der Waals surface area contributed by atoms with Gasteiger partial charge < -0.3 is 0 Å². The van der Waals surface area contributed by atoms with Crippen LogP contribution < -0.4 is 0 Å². The van der Waals surface area contributed by atoms with Crippen molar-refractivity contribution in [1.29, 1.82) is 0 Å². The zero-order chi connectivity index (χ0) is 9.04. The molecule has 2 aliphatic carbocycles. The molecule has 2 fully saturated rings. The third kappa shape index (κ3) is 1.26. The topological polar surface area (TPSA) is 17.1 Å². The predicted octanol–water partition coefficient (Wildman–Crippen LogP) is 2.24. The molecule has 0 aromatic rings. The number of ketones is 1. The molecular weight excluding hydrogens is 242 g/mol. The molecule has 0 saturated heterocycles. The number of rotatable bonds is 2. The summed E-state index contributed by atoms with van der Waals surface area (Å²) >= 11 is 22.9. The van der Waals surface area contributed by atoms with E-state index in [1.165, 1.54) is 0 Å². The Morgan fingerprint density at radius 2 is 1.00 bits per heavy atom. The minimum Gasteiger partial charge on any atom is -0.299 e. The molecule has 2 rings (SSSR count). The minimum absolute atomic E-state index is 0.0370. The predicted molar refractivity (Wildman–Crippen MR) is 50.6 cm³/mol. The summed E-state index contributed by atoms with van der Waals surface area (Å²) in [5.74, 6) is -0.401. The van der Waals surface area contributed by atoms with E-state index in [1.54, 1.807) is 0 Å². The van der Waals surface area contributed by atoms with Crippen LogP contribution in [0.5, 0.6) is 0 Å². The van der Waals surface area contributed by atoms with Crippen molar-refractivity contribution in [3.05, 3.63) is 0 Å². The third-order valence-corrected chi connectivity index (χ3v) is 4.79. The Bertz CT molecular complexity index is 193. The molecule has 0 N–H and O–H groups in total. The van der Waals surface area contributed by atoms with E-state index < -0.39 is 0 Å². The number of hydrogen-bond acceptors (Lipinski definition) is 1. The van der Waals surface area contributed by atoms with E-state index in [0.29, 0.717) is 0 Å². The zero-order valence-corrected chi connectivity index (χ0v) is 8.91. The number of carbonyl (C=O) groups is 1. The van der Waals surface area contributed by atoms with Crippen molar-refractivity contribution in [1.82, 2.24) is 0 Å². The van der Waals surface area contributed by atoms with Gasteiger partial charge in [0.25, 0.3) is 0 Å². The van der Waals surface area contributed by atoms with Gasteiger partial charge in [-0.25, -0.2) is 0 Å². The van der Waals surface area contributed by atoms with Crippen molar-refractivity contribution in [2.45, 2.75) is 21.5 Å². The summed E-state index contributed by atoms with van der Waals surface area (Å²) in [6, 6.07) is 0. The zero-order valence-electron chi connectivity index (χ0n) is 5.88. The molecule has 12 heavy (non-hydrogen) atoms. The SMILES string of the molecule is O=C(C1C(Cl)C1Cl)C1C(Cl)C1Cl. The quantitative estimate of drug-likeness (QED) is 0.685. The number of carbonyl (C=O) groups excluding carboxylic acids is 1. The summed E-state index contributed by atoms with van der Waals surface area (Å²) in [5, 5.41) is -0.861. The molecule has 5 heteroatoms. The van der Waals surface area contributed by atoms with Crippen molar-refractivity contribution < 1.29 is 4.79 Å². The van der Waals surface area contributed by atoms with Gasteiger partial charge in [-0.05, 0) is 0 Å². The van der Waals surface area contributed by atoms with E-state index in [2.05, 4.69) is 0 Å². The lowest BCUT2D eigenvalue weighted by atomic mass is 10.2. The Morgan fingerprint density at radius 1 is 0.750 bits per heavy atom. The third-order valence-electron chi connectivity index (χ3n) is 2.36. The Morgan fingerprint density at radius 3 is 1.17 bits per heavy atom. The van der Waals surface area contributed by atoms with Gasteiger partial charge in [-0.1, -0.05) is 0 Å². The molecule has 4 atom stereocenters. The highest BCUT2D eigenvalue weighted by atomic mass is 35.5. The highest BCUT2D eigenvalue weighted by molar-refractivity contribution is 6.40. The first-order valence-corrected chi connectivity index (χ1v) is 5.40. The van der Waals surface area contributed by atoms with Crippen molar-refractivity contribution in [2.75, 3.05) is 0 Å². The van der Waals surface area contributed by atoms with Crippen LogP contribution in [0.1, 0.15) is 0 Å². The van der Waals surface area contributed by atoms with Crippen LogP contribution in [0.25, 0.3) is 0 Å². The molecule has 2 aliphatic rings. The van der Waals surface area contributed by atoms with Crippen LogP contribution in [0.15, 0.2) is 0 Å². The van der Waals surface area contributed by atoms with E-state index >= 15 is 0 Å². The monoisotopic (exact) mass is 246 g/mol. The van der Waals surface area contributed by atoms with Crippen molar-refractivity contribution in [2.24, 2.45) is 11.8 Å². The van der Waals surface area contributed by atoms with E-state index in [4.69, 9.17) is 46.4 Å². The fraction of sp³-hybridized carbons (Fsp3) is 0.857. The van der Waals surface area contributed by atoms with Crippen LogP contribution in [-0.4, -0.2) is 27.3 Å². The number of halogens is 4. The molecule has 68 valence electrons. The number of Topliss-reactive ketones (excluding diaryl/α,β-unsaturated/α-hetero) is 1. The van der Waals surface area contributed by atoms with E-state index in [1.807, 2.05) is 0 Å². The smallest absolute Gasteiger partial charge is 0.145 e. The molecule has 0 spiro atoms. The molecule has 4 unspecified atom stereocenters. The fourth-order valence-corrected chi connectivity index (χ4v) is 2.89. The van der Waals surface area contributed by atoms with Gasteiger partial charge in [-0.2, -0.15) is 0 Å². The van der Waals surface area contributed by atoms with Crippen LogP contribution in [0.2, 0.25) is 0 Å². The molecule has 0 aromatic heterocycles. The van der Waals surface area contributed by atoms with Crippen LogP contribution in [0.3, 0.4) is 0 Å². The van der Waals surface area contributed by atoms with Crippen LogP contribution >= 0.6 is 46.4 Å². The van der Waals surface area contributed by atoms with Crippen LogP contribution in [-0.2, 0) is 4.79 Å². The Labute approximate surface area is 90.3 Å². The molecular formula is C7H6Cl4O. The summed E-state index contributed by atoms with van der Waals surface area (Å²) in [6.45, 7) is 0. The fourth-order valence-electron chi connectivity index (χ4n) is 1.33. The molecule has 0 radical (unpaired) electrons. The minimum atomic E-state index is -0.219. The first-order valence-electron chi connectivity index (χ1n) is 3.65. The standard InChI is InChI=1S/C7H6Cl4O/c8-3-1(4(3)9)7(12)2-5(10)6(2)11/h1-6H. The summed E-state index contributed by atoms with van der Waals surface area (Å²) in [5.41, 5.74) is 0. The van der Waals surface area contributed by atoms with Crippen LogP contribution in [0.4, 0.5) is 0 Å². The summed E-state index contributed by atoms with van der Waals surface area (Å²) in [7, 11) is 0. The Kier molecular flexibility index (Phi) is 2.28. The lowest BCUT2D eigenvalue weighted by molar-refractivity contribution is -0.121. The van der Waals surface area contributed by atoms with Crippen LogP contribution in [0, 0.1) is 11.8 Å². The molecule has 1 nitrogen and oxygen atoms in total. The molecule has 0 amide bonds. The molecule has 0 aromatic carbocycles. The second kappa shape index (κ2) is 2.91. The number of alkyl halides is 4. The lowest BCUT2D eigenvalue weighted by Gasteiger charge is -1.91. The first kappa shape index (κ1) is 9.39. The Balaban J connectivity index is 1.95. The normalized spacial score (nSPS) is 56.7. The highest BCUT2D eigenvalue weighted by Crippen LogP contribution is 2.51. The van der Waals surface area contributed by atoms with Crippen molar-refractivity contribution >= 4 is 52.2 Å². The van der Waals surface area contributed by atoms with Crippen molar-refractivity contribution in [3.63, 3.8) is 0 Å². The van der Waals surface area contributed by atoms with Gasteiger partial charge in [0, 0.05) is 0 Å². The molecule has 2 saturated carbocycles. The average molecular weight is 248 g/mol. The van der Waals surface area contributed by atoms with E-state index in [0.717, 1.165) is 0 Å². The molecule has 0 heterocycles. The summed E-state index contributed by atoms with van der Waals surface area (Å²) in [6.07, 6.45) is 0. The maximum atomic E-state index is 11.5. The maximum Gasteiger partial charge on any atom is 0.145 e. The van der Waals surface area contributed by atoms with Gasteiger partial charge in [0.15, 0.2) is 0 Å². The maximum absolute atomic E-state index is 11.5.